The monoisotopic (exact) mass is 297 g/mol. The molecule has 0 bridgehead atoms. The quantitative estimate of drug-likeness (QED) is 0.363. The van der Waals surface area contributed by atoms with E-state index in [2.05, 4.69) is 26.0 Å². The molecular formula is C10H20BrNO4. The Labute approximate surface area is 105 Å². The predicted molar refractivity (Wildman–Crippen MR) is 64.9 cm³/mol. The second-order valence-corrected chi connectivity index (χ2v) is 4.26. The molecule has 0 saturated carbocycles. The molecule has 1 atom stereocenters. The van der Waals surface area contributed by atoms with Crippen LogP contribution in [0, 0.1) is 0 Å². The maximum atomic E-state index is 11.0. The first-order chi connectivity index (χ1) is 7.72. The van der Waals surface area contributed by atoms with Gasteiger partial charge in [0.2, 0.25) is 0 Å². The highest BCUT2D eigenvalue weighted by Crippen LogP contribution is 1.99. The van der Waals surface area contributed by atoms with Crippen LogP contribution in [0.15, 0.2) is 0 Å². The average Bonchev–Trinajstić information content (AvgIpc) is 2.31. The van der Waals surface area contributed by atoms with Crippen LogP contribution in [0.1, 0.15) is 6.42 Å². The van der Waals surface area contributed by atoms with E-state index in [0.29, 0.717) is 26.3 Å². The molecule has 0 heterocycles. The van der Waals surface area contributed by atoms with E-state index in [1.54, 1.807) is 7.11 Å². The molecule has 0 radical (unpaired) electrons. The lowest BCUT2D eigenvalue weighted by Crippen LogP contribution is -2.31. The predicted octanol–water partition coefficient (Wildman–Crippen LogP) is 0.566. The fraction of sp³-hybridized carbons (Fsp3) is 0.900. The first-order valence-corrected chi connectivity index (χ1v) is 6.13. The number of carbonyl (C=O) groups is 1. The molecule has 0 fully saturated rings. The molecular weight excluding hydrogens is 278 g/mol. The lowest BCUT2D eigenvalue weighted by molar-refractivity contribution is -0.139. The smallest absolute Gasteiger partial charge is 0.320 e. The van der Waals surface area contributed by atoms with Gasteiger partial charge in [0.1, 0.15) is 4.83 Å². The van der Waals surface area contributed by atoms with Crippen LogP contribution in [-0.4, -0.2) is 57.9 Å². The normalized spacial score (nSPS) is 12.4. The van der Waals surface area contributed by atoms with Crippen molar-refractivity contribution in [2.24, 2.45) is 0 Å². The zero-order valence-corrected chi connectivity index (χ0v) is 11.4. The lowest BCUT2D eigenvalue weighted by Gasteiger charge is -2.09. The van der Waals surface area contributed by atoms with E-state index in [1.807, 2.05) is 0 Å². The lowest BCUT2D eigenvalue weighted by atomic mass is 10.4. The van der Waals surface area contributed by atoms with Gasteiger partial charge in [0.25, 0.3) is 0 Å². The van der Waals surface area contributed by atoms with Gasteiger partial charge in [0.05, 0.1) is 13.7 Å². The average molecular weight is 298 g/mol. The minimum absolute atomic E-state index is 0.270. The summed E-state index contributed by atoms with van der Waals surface area (Å²) in [6.07, 6.45) is 0.903. The third-order valence-corrected chi connectivity index (χ3v) is 2.54. The number of hydrogen-bond donors (Lipinski definition) is 1. The van der Waals surface area contributed by atoms with Crippen molar-refractivity contribution in [2.75, 3.05) is 47.1 Å². The minimum atomic E-state index is -0.300. The topological polar surface area (TPSA) is 56.8 Å². The molecule has 0 spiro atoms. The number of halogens is 1. The van der Waals surface area contributed by atoms with E-state index in [1.165, 1.54) is 7.11 Å². The van der Waals surface area contributed by atoms with Gasteiger partial charge in [-0.15, -0.1) is 0 Å². The number of alkyl halides is 1. The Kier molecular flexibility index (Phi) is 11.2. The van der Waals surface area contributed by atoms with E-state index in [9.17, 15) is 4.79 Å². The molecule has 0 amide bonds. The molecule has 0 aliphatic rings. The van der Waals surface area contributed by atoms with E-state index < -0.39 is 0 Å². The highest BCUT2D eigenvalue weighted by atomic mass is 79.9. The van der Waals surface area contributed by atoms with Crippen LogP contribution in [0.3, 0.4) is 0 Å². The number of carbonyl (C=O) groups excluding carboxylic acids is 1. The largest absolute Gasteiger partial charge is 0.468 e. The number of esters is 1. The van der Waals surface area contributed by atoms with Gasteiger partial charge in [-0.2, -0.15) is 0 Å². The van der Waals surface area contributed by atoms with Gasteiger partial charge >= 0.3 is 5.97 Å². The van der Waals surface area contributed by atoms with Gasteiger partial charge < -0.3 is 19.5 Å². The first kappa shape index (κ1) is 15.8. The second kappa shape index (κ2) is 11.3. The molecule has 0 aromatic rings. The van der Waals surface area contributed by atoms with Gasteiger partial charge in [-0.1, -0.05) is 15.9 Å². The summed E-state index contributed by atoms with van der Waals surface area (Å²) in [4.78, 5) is 10.7. The Bertz CT molecular complexity index is 180. The molecule has 1 N–H and O–H groups in total. The highest BCUT2D eigenvalue weighted by Gasteiger charge is 2.13. The summed E-state index contributed by atoms with van der Waals surface area (Å²) in [5.41, 5.74) is 0. The summed E-state index contributed by atoms with van der Waals surface area (Å²) in [7, 11) is 3.04. The van der Waals surface area contributed by atoms with E-state index in [0.717, 1.165) is 13.0 Å². The third kappa shape index (κ3) is 9.08. The van der Waals surface area contributed by atoms with Gasteiger partial charge in [-0.05, 0) is 6.42 Å². The van der Waals surface area contributed by atoms with Crippen molar-refractivity contribution in [1.82, 2.24) is 5.32 Å². The third-order valence-electron chi connectivity index (χ3n) is 1.84. The first-order valence-electron chi connectivity index (χ1n) is 5.21. The zero-order chi connectivity index (χ0) is 12.2. The van der Waals surface area contributed by atoms with Crippen molar-refractivity contribution in [3.63, 3.8) is 0 Å². The van der Waals surface area contributed by atoms with Crippen LogP contribution in [0.4, 0.5) is 0 Å². The fourth-order valence-corrected chi connectivity index (χ4v) is 1.41. The number of nitrogens with one attached hydrogen (secondary N) is 1. The highest BCUT2D eigenvalue weighted by molar-refractivity contribution is 9.10. The molecule has 96 valence electrons. The summed E-state index contributed by atoms with van der Waals surface area (Å²) in [5.74, 6) is -0.270. The maximum Gasteiger partial charge on any atom is 0.320 e. The van der Waals surface area contributed by atoms with Crippen molar-refractivity contribution in [1.29, 1.82) is 0 Å². The maximum absolute atomic E-state index is 11.0. The van der Waals surface area contributed by atoms with Crippen LogP contribution in [0.25, 0.3) is 0 Å². The standard InChI is InChI=1S/C10H20BrNO4/c1-14-5-3-6-16-7-4-12-8-9(11)10(13)15-2/h9,12H,3-8H2,1-2H3. The molecule has 0 saturated heterocycles. The van der Waals surface area contributed by atoms with Crippen LogP contribution in [0.5, 0.6) is 0 Å². The van der Waals surface area contributed by atoms with Gasteiger partial charge in [-0.25, -0.2) is 0 Å². The molecule has 1 unspecified atom stereocenters. The molecule has 6 heteroatoms. The van der Waals surface area contributed by atoms with Crippen molar-refractivity contribution in [2.45, 2.75) is 11.2 Å². The van der Waals surface area contributed by atoms with Crippen molar-refractivity contribution in [3.05, 3.63) is 0 Å². The second-order valence-electron chi connectivity index (χ2n) is 3.15. The van der Waals surface area contributed by atoms with Crippen molar-refractivity contribution >= 4 is 21.9 Å². The van der Waals surface area contributed by atoms with Crippen LogP contribution in [-0.2, 0) is 19.0 Å². The molecule has 0 aromatic heterocycles. The Morgan fingerprint density at radius 3 is 2.69 bits per heavy atom. The van der Waals surface area contributed by atoms with Gasteiger partial charge in [0, 0.05) is 33.4 Å². The van der Waals surface area contributed by atoms with E-state index in [-0.39, 0.29) is 10.8 Å². The minimum Gasteiger partial charge on any atom is -0.468 e. The molecule has 16 heavy (non-hydrogen) atoms. The Morgan fingerprint density at radius 1 is 1.31 bits per heavy atom. The molecule has 0 aliphatic heterocycles. The summed E-state index contributed by atoms with van der Waals surface area (Å²) < 4.78 is 14.8. The van der Waals surface area contributed by atoms with Crippen LogP contribution >= 0.6 is 15.9 Å². The Morgan fingerprint density at radius 2 is 2.06 bits per heavy atom. The molecule has 0 aromatic carbocycles. The van der Waals surface area contributed by atoms with Crippen LogP contribution in [0.2, 0.25) is 0 Å². The number of hydrogen-bond acceptors (Lipinski definition) is 5. The summed E-state index contributed by atoms with van der Waals surface area (Å²) in [5, 5.41) is 3.09. The molecule has 5 nitrogen and oxygen atoms in total. The number of methoxy groups -OCH3 is 2. The van der Waals surface area contributed by atoms with Gasteiger partial charge in [0.15, 0.2) is 0 Å². The fourth-order valence-electron chi connectivity index (χ4n) is 0.992. The van der Waals surface area contributed by atoms with Crippen molar-refractivity contribution < 1.29 is 19.0 Å². The van der Waals surface area contributed by atoms with Gasteiger partial charge in [-0.3, -0.25) is 4.79 Å². The summed E-state index contributed by atoms with van der Waals surface area (Å²) in [6, 6.07) is 0. The van der Waals surface area contributed by atoms with E-state index in [4.69, 9.17) is 9.47 Å². The summed E-state index contributed by atoms with van der Waals surface area (Å²) in [6.45, 7) is 3.30. The van der Waals surface area contributed by atoms with Crippen LogP contribution < -0.4 is 5.32 Å². The Balaban J connectivity index is 3.17. The number of rotatable bonds is 10. The molecule has 0 aliphatic carbocycles. The van der Waals surface area contributed by atoms with Crippen molar-refractivity contribution in [3.8, 4) is 0 Å². The summed E-state index contributed by atoms with van der Waals surface area (Å²) >= 11 is 3.21. The number of ether oxygens (including phenoxy) is 3. The SMILES string of the molecule is COCCCOCCNCC(Br)C(=O)OC. The zero-order valence-electron chi connectivity index (χ0n) is 9.83. The van der Waals surface area contributed by atoms with E-state index >= 15 is 0 Å². The Hall–Kier alpha value is -0.170. The molecule has 0 rings (SSSR count).